The molecule has 0 saturated heterocycles. The summed E-state index contributed by atoms with van der Waals surface area (Å²) in [6, 6.07) is 18.5. The zero-order chi connectivity index (χ0) is 22.2. The number of aromatic nitrogens is 3. The van der Waals surface area contributed by atoms with Gasteiger partial charge in [-0.1, -0.05) is 6.07 Å². The van der Waals surface area contributed by atoms with Crippen LogP contribution in [0.15, 0.2) is 79.3 Å². The van der Waals surface area contributed by atoms with Crippen molar-refractivity contribution in [1.82, 2.24) is 14.5 Å². The molecule has 5 aromatic rings. The molecule has 32 heavy (non-hydrogen) atoms. The molecule has 0 aliphatic rings. The summed E-state index contributed by atoms with van der Waals surface area (Å²) in [5.74, 6) is -1.58. The van der Waals surface area contributed by atoms with Gasteiger partial charge < -0.3 is 10.3 Å². The molecular formula is C25H18F2N4O. The van der Waals surface area contributed by atoms with E-state index in [1.165, 1.54) is 19.1 Å². The van der Waals surface area contributed by atoms with Crippen LogP contribution in [0.2, 0.25) is 0 Å². The number of H-pyrrole nitrogens is 1. The molecule has 5 rings (SSSR count). The van der Waals surface area contributed by atoms with Gasteiger partial charge in [0.15, 0.2) is 0 Å². The van der Waals surface area contributed by atoms with E-state index in [1.807, 2.05) is 41.1 Å². The lowest BCUT2D eigenvalue weighted by Crippen LogP contribution is -2.07. The number of amides is 1. The summed E-state index contributed by atoms with van der Waals surface area (Å²) >= 11 is 0. The third-order valence-electron chi connectivity index (χ3n) is 5.21. The van der Waals surface area contributed by atoms with Gasteiger partial charge in [0, 0.05) is 47.4 Å². The van der Waals surface area contributed by atoms with E-state index >= 15 is 0 Å². The number of fused-ring (bicyclic) bond motifs is 1. The van der Waals surface area contributed by atoms with Crippen molar-refractivity contribution in [3.05, 3.63) is 90.9 Å². The molecule has 0 saturated carbocycles. The lowest BCUT2D eigenvalue weighted by molar-refractivity contribution is -0.114. The summed E-state index contributed by atoms with van der Waals surface area (Å²) in [5.41, 5.74) is 5.56. The van der Waals surface area contributed by atoms with Crippen LogP contribution in [-0.4, -0.2) is 20.4 Å². The molecule has 2 N–H and O–H groups in total. The van der Waals surface area contributed by atoms with Gasteiger partial charge in [-0.05, 0) is 60.2 Å². The predicted octanol–water partition coefficient (Wildman–Crippen LogP) is 5.92. The minimum atomic E-state index is -0.679. The molecule has 0 spiro atoms. The van der Waals surface area contributed by atoms with Crippen LogP contribution in [0.1, 0.15) is 6.92 Å². The van der Waals surface area contributed by atoms with Gasteiger partial charge in [0.05, 0.1) is 11.0 Å². The van der Waals surface area contributed by atoms with Crippen molar-refractivity contribution in [3.63, 3.8) is 0 Å². The van der Waals surface area contributed by atoms with Gasteiger partial charge in [0.2, 0.25) is 5.91 Å². The van der Waals surface area contributed by atoms with Crippen LogP contribution in [0.4, 0.5) is 14.5 Å². The van der Waals surface area contributed by atoms with Crippen molar-refractivity contribution in [2.45, 2.75) is 6.92 Å². The molecule has 0 fully saturated rings. The van der Waals surface area contributed by atoms with Gasteiger partial charge in [-0.2, -0.15) is 0 Å². The van der Waals surface area contributed by atoms with Gasteiger partial charge in [-0.3, -0.25) is 9.36 Å². The van der Waals surface area contributed by atoms with Crippen molar-refractivity contribution >= 4 is 22.6 Å². The first-order valence-electron chi connectivity index (χ1n) is 9.97. The number of halogens is 2. The smallest absolute Gasteiger partial charge is 0.221 e. The molecule has 0 radical (unpaired) electrons. The van der Waals surface area contributed by atoms with E-state index in [0.717, 1.165) is 28.4 Å². The zero-order valence-corrected chi connectivity index (χ0v) is 17.1. The van der Waals surface area contributed by atoms with Crippen LogP contribution in [0.3, 0.4) is 0 Å². The van der Waals surface area contributed by atoms with Crippen LogP contribution < -0.4 is 5.32 Å². The fraction of sp³-hybridized carbons (Fsp3) is 0.0400. The summed E-state index contributed by atoms with van der Waals surface area (Å²) in [7, 11) is 0. The zero-order valence-electron chi connectivity index (χ0n) is 17.1. The van der Waals surface area contributed by atoms with Crippen LogP contribution in [0, 0.1) is 11.6 Å². The molecule has 158 valence electrons. The summed E-state index contributed by atoms with van der Waals surface area (Å²) in [5, 5.41) is 2.75. The largest absolute Gasteiger partial charge is 0.361 e. The van der Waals surface area contributed by atoms with Gasteiger partial charge in [-0.15, -0.1) is 0 Å². The third kappa shape index (κ3) is 3.65. The number of nitrogens with zero attached hydrogens (tertiary/aromatic N) is 2. The van der Waals surface area contributed by atoms with Crippen molar-refractivity contribution in [2.24, 2.45) is 0 Å². The molecule has 7 heteroatoms. The standard InChI is InChI=1S/C25H18F2N4O/c1-15(32)30-19-9-17(21-6-5-18(26)12-22(21)27)10-20(13-19)31-14-29-24-11-16(4-7-25(24)31)23-3-2-8-28-23/h2-14,28H,1H3,(H,30,32). The fourth-order valence-electron chi connectivity index (χ4n) is 3.80. The predicted molar refractivity (Wildman–Crippen MR) is 121 cm³/mol. The molecule has 0 atom stereocenters. The Morgan fingerprint density at radius 3 is 2.62 bits per heavy atom. The highest BCUT2D eigenvalue weighted by Gasteiger charge is 2.13. The minimum absolute atomic E-state index is 0.235. The second kappa shape index (κ2) is 7.77. The average molecular weight is 428 g/mol. The number of hydrogen-bond acceptors (Lipinski definition) is 2. The quantitative estimate of drug-likeness (QED) is 0.373. The first-order valence-corrected chi connectivity index (χ1v) is 9.97. The number of anilines is 1. The van der Waals surface area contributed by atoms with Gasteiger partial charge >= 0.3 is 0 Å². The molecule has 2 aromatic heterocycles. The normalized spacial score (nSPS) is 11.1. The van der Waals surface area contributed by atoms with E-state index in [1.54, 1.807) is 24.5 Å². The lowest BCUT2D eigenvalue weighted by atomic mass is 10.0. The second-order valence-electron chi connectivity index (χ2n) is 7.48. The maximum Gasteiger partial charge on any atom is 0.221 e. The van der Waals surface area contributed by atoms with Crippen molar-refractivity contribution in [2.75, 3.05) is 5.32 Å². The summed E-state index contributed by atoms with van der Waals surface area (Å²) in [6.07, 6.45) is 3.54. The van der Waals surface area contributed by atoms with E-state index < -0.39 is 11.6 Å². The molecule has 1 amide bonds. The maximum absolute atomic E-state index is 14.5. The van der Waals surface area contributed by atoms with Gasteiger partial charge in [0.1, 0.15) is 18.0 Å². The number of aromatic amines is 1. The number of carbonyl (C=O) groups is 1. The highest BCUT2D eigenvalue weighted by Crippen LogP contribution is 2.31. The van der Waals surface area contributed by atoms with Crippen LogP contribution in [0.25, 0.3) is 39.1 Å². The summed E-state index contributed by atoms with van der Waals surface area (Å²) in [6.45, 7) is 1.40. The number of carbonyl (C=O) groups excluding carboxylic acids is 1. The van der Waals surface area contributed by atoms with Crippen LogP contribution in [-0.2, 0) is 4.79 Å². The number of hydrogen-bond donors (Lipinski definition) is 2. The van der Waals surface area contributed by atoms with Gasteiger partial charge in [0.25, 0.3) is 0 Å². The van der Waals surface area contributed by atoms with Crippen LogP contribution in [0.5, 0.6) is 0 Å². The molecule has 2 heterocycles. The molecule has 5 nitrogen and oxygen atoms in total. The molecule has 0 aliphatic heterocycles. The lowest BCUT2D eigenvalue weighted by Gasteiger charge is -2.13. The summed E-state index contributed by atoms with van der Waals surface area (Å²) < 4.78 is 29.8. The maximum atomic E-state index is 14.5. The van der Waals surface area contributed by atoms with E-state index in [0.29, 0.717) is 16.9 Å². The first-order chi connectivity index (χ1) is 15.5. The first kappa shape index (κ1) is 19.7. The van der Waals surface area contributed by atoms with Crippen molar-refractivity contribution in [1.29, 1.82) is 0 Å². The van der Waals surface area contributed by atoms with Crippen molar-refractivity contribution in [3.8, 4) is 28.1 Å². The number of nitrogens with one attached hydrogen (secondary N) is 2. The number of rotatable bonds is 4. The highest BCUT2D eigenvalue weighted by atomic mass is 19.1. The Kier molecular flexibility index (Phi) is 4.78. The number of imidazole rings is 1. The SMILES string of the molecule is CC(=O)Nc1cc(-c2ccc(F)cc2F)cc(-n2cnc3cc(-c4ccc[nH]4)ccc32)c1. The Morgan fingerprint density at radius 1 is 1.00 bits per heavy atom. The van der Waals surface area contributed by atoms with Gasteiger partial charge in [-0.25, -0.2) is 13.8 Å². The minimum Gasteiger partial charge on any atom is -0.361 e. The Morgan fingerprint density at radius 2 is 1.88 bits per heavy atom. The second-order valence-corrected chi connectivity index (χ2v) is 7.48. The monoisotopic (exact) mass is 428 g/mol. The van der Waals surface area contributed by atoms with E-state index in [9.17, 15) is 13.6 Å². The Bertz CT molecular complexity index is 1450. The molecule has 0 unspecified atom stereocenters. The average Bonchev–Trinajstić information content (AvgIpc) is 3.42. The number of benzene rings is 3. The van der Waals surface area contributed by atoms with E-state index in [4.69, 9.17) is 0 Å². The Hall–Kier alpha value is -4.26. The Balaban J connectivity index is 1.65. The fourth-order valence-corrected chi connectivity index (χ4v) is 3.80. The molecule has 3 aromatic carbocycles. The highest BCUT2D eigenvalue weighted by molar-refractivity contribution is 5.91. The Labute approximate surface area is 182 Å². The van der Waals surface area contributed by atoms with Crippen LogP contribution >= 0.6 is 0 Å². The molecular weight excluding hydrogens is 410 g/mol. The molecule has 0 bridgehead atoms. The third-order valence-corrected chi connectivity index (χ3v) is 5.21. The molecule has 0 aliphatic carbocycles. The summed E-state index contributed by atoms with van der Waals surface area (Å²) in [4.78, 5) is 19.4. The topological polar surface area (TPSA) is 62.7 Å². The van der Waals surface area contributed by atoms with E-state index in [-0.39, 0.29) is 11.5 Å². The van der Waals surface area contributed by atoms with Crippen molar-refractivity contribution < 1.29 is 13.6 Å². The van der Waals surface area contributed by atoms with E-state index in [2.05, 4.69) is 15.3 Å².